The highest BCUT2D eigenvalue weighted by atomic mass is 16.7. The van der Waals surface area contributed by atoms with E-state index in [2.05, 4.69) is 4.84 Å². The topological polar surface area (TPSA) is 80.9 Å². The van der Waals surface area contributed by atoms with E-state index in [-0.39, 0.29) is 24.8 Å². The molecule has 0 unspecified atom stereocenters. The lowest BCUT2D eigenvalue weighted by Gasteiger charge is -2.06. The van der Waals surface area contributed by atoms with Crippen molar-refractivity contribution in [3.63, 3.8) is 0 Å². The number of carbonyl (C=O) groups excluding carboxylic acids is 1. The van der Waals surface area contributed by atoms with Gasteiger partial charge in [-0.1, -0.05) is 0 Å². The third-order valence-electron chi connectivity index (χ3n) is 1.65. The van der Waals surface area contributed by atoms with Gasteiger partial charge in [0.1, 0.15) is 0 Å². The molecule has 1 aromatic rings. The van der Waals surface area contributed by atoms with Gasteiger partial charge in [-0.15, -0.1) is 4.73 Å². The van der Waals surface area contributed by atoms with Crippen molar-refractivity contribution in [2.75, 3.05) is 13.2 Å². The first kappa shape index (κ1) is 11.4. The van der Waals surface area contributed by atoms with Crippen molar-refractivity contribution in [1.29, 1.82) is 0 Å². The summed E-state index contributed by atoms with van der Waals surface area (Å²) in [6.07, 6.45) is 0.0604. The number of aromatic nitrogens is 1. The van der Waals surface area contributed by atoms with Gasteiger partial charge in [-0.2, -0.15) is 0 Å². The van der Waals surface area contributed by atoms with E-state index in [1.165, 1.54) is 12.1 Å². The lowest BCUT2D eigenvalue weighted by atomic mass is 10.5. The van der Waals surface area contributed by atoms with Crippen molar-refractivity contribution in [1.82, 2.24) is 4.73 Å². The van der Waals surface area contributed by atoms with E-state index in [0.29, 0.717) is 11.3 Å². The Balaban J connectivity index is 2.44. The Morgan fingerprint density at radius 3 is 2.53 bits per heavy atom. The van der Waals surface area contributed by atoms with Gasteiger partial charge in [0.2, 0.25) is 11.8 Å². The predicted molar refractivity (Wildman–Crippen MR) is 50.5 cm³/mol. The van der Waals surface area contributed by atoms with Crippen LogP contribution in [0.3, 0.4) is 0 Å². The maximum Gasteiger partial charge on any atom is 0.335 e. The van der Waals surface area contributed by atoms with Crippen molar-refractivity contribution in [3.8, 4) is 11.8 Å². The molecule has 0 radical (unpaired) electrons. The van der Waals surface area contributed by atoms with Crippen LogP contribution in [-0.4, -0.2) is 34.1 Å². The molecule has 0 saturated carbocycles. The molecule has 15 heavy (non-hydrogen) atoms. The summed E-state index contributed by atoms with van der Waals surface area (Å²) >= 11 is 0. The zero-order valence-corrected chi connectivity index (χ0v) is 8.34. The highest BCUT2D eigenvalue weighted by Gasteiger charge is 2.11. The van der Waals surface area contributed by atoms with Gasteiger partial charge in [0, 0.05) is 18.7 Å². The fraction of sp³-hybridized carbons (Fsp3) is 0.444. The highest BCUT2D eigenvalue weighted by molar-refractivity contribution is 5.70. The number of nitrogens with zero attached hydrogens (tertiary/aromatic N) is 1. The van der Waals surface area contributed by atoms with Crippen molar-refractivity contribution < 1.29 is 24.6 Å². The number of ether oxygens (including phenoxy) is 1. The molecular weight excluding hydrogens is 202 g/mol. The minimum absolute atomic E-state index is 0.0604. The highest BCUT2D eigenvalue weighted by Crippen LogP contribution is 2.18. The van der Waals surface area contributed by atoms with Gasteiger partial charge in [-0.3, -0.25) is 0 Å². The van der Waals surface area contributed by atoms with E-state index < -0.39 is 5.97 Å². The molecule has 1 rings (SSSR count). The van der Waals surface area contributed by atoms with E-state index in [4.69, 9.17) is 14.9 Å². The Labute approximate surface area is 86.6 Å². The first-order valence-corrected chi connectivity index (χ1v) is 4.53. The summed E-state index contributed by atoms with van der Waals surface area (Å²) in [4.78, 5) is 15.8. The Hall–Kier alpha value is -1.69. The van der Waals surface area contributed by atoms with Crippen LogP contribution in [0.25, 0.3) is 0 Å². The molecule has 0 aliphatic carbocycles. The van der Waals surface area contributed by atoms with Crippen LogP contribution in [0.2, 0.25) is 0 Å². The monoisotopic (exact) mass is 215 g/mol. The second kappa shape index (κ2) is 5.26. The number of rotatable bonds is 5. The second-order valence-corrected chi connectivity index (χ2v) is 2.75. The minimum atomic E-state index is -0.592. The number of hydrogen-bond acceptors (Lipinski definition) is 5. The third kappa shape index (κ3) is 3.17. The molecule has 1 heterocycles. The zero-order valence-electron chi connectivity index (χ0n) is 8.34. The number of aromatic hydroxyl groups is 2. The van der Waals surface area contributed by atoms with Crippen LogP contribution in [0.15, 0.2) is 12.1 Å². The predicted octanol–water partition coefficient (Wildman–Crippen LogP) is 0.281. The molecule has 0 atom stereocenters. The molecular formula is C9H13NO5. The maximum atomic E-state index is 11.1. The molecule has 6 nitrogen and oxygen atoms in total. The van der Waals surface area contributed by atoms with Crippen molar-refractivity contribution in [2.24, 2.45) is 0 Å². The van der Waals surface area contributed by atoms with Crippen LogP contribution < -0.4 is 4.84 Å². The molecule has 2 N–H and O–H groups in total. The summed E-state index contributed by atoms with van der Waals surface area (Å²) in [7, 11) is 0. The van der Waals surface area contributed by atoms with Crippen molar-refractivity contribution >= 4 is 5.97 Å². The Bertz CT molecular complexity index is 314. The molecule has 0 amide bonds. The quantitative estimate of drug-likeness (QED) is 0.689. The zero-order chi connectivity index (χ0) is 11.3. The van der Waals surface area contributed by atoms with Gasteiger partial charge in [0.25, 0.3) is 0 Å². The van der Waals surface area contributed by atoms with E-state index >= 15 is 0 Å². The Morgan fingerprint density at radius 2 is 2.00 bits per heavy atom. The third-order valence-corrected chi connectivity index (χ3v) is 1.65. The molecule has 0 fully saturated rings. The van der Waals surface area contributed by atoms with Crippen LogP contribution in [0.1, 0.15) is 13.3 Å². The van der Waals surface area contributed by atoms with Crippen molar-refractivity contribution in [3.05, 3.63) is 12.1 Å². The molecule has 0 aliphatic rings. The van der Waals surface area contributed by atoms with Crippen LogP contribution >= 0.6 is 0 Å². The molecule has 84 valence electrons. The van der Waals surface area contributed by atoms with E-state index in [9.17, 15) is 4.79 Å². The average molecular weight is 215 g/mol. The van der Waals surface area contributed by atoms with Crippen LogP contribution in [0.4, 0.5) is 0 Å². The SMILES string of the molecule is CCOCCC(=O)On1c(O)ccc1O. The van der Waals surface area contributed by atoms with Crippen LogP contribution in [0.5, 0.6) is 11.8 Å². The fourth-order valence-corrected chi connectivity index (χ4v) is 0.943. The van der Waals surface area contributed by atoms with Gasteiger partial charge >= 0.3 is 5.97 Å². The summed E-state index contributed by atoms with van der Waals surface area (Å²) in [6.45, 7) is 2.58. The van der Waals surface area contributed by atoms with E-state index in [0.717, 1.165) is 0 Å². The van der Waals surface area contributed by atoms with Crippen molar-refractivity contribution in [2.45, 2.75) is 13.3 Å². The lowest BCUT2D eigenvalue weighted by molar-refractivity contribution is -0.146. The average Bonchev–Trinajstić information content (AvgIpc) is 2.50. The maximum absolute atomic E-state index is 11.1. The number of hydrogen-bond donors (Lipinski definition) is 2. The van der Waals surface area contributed by atoms with Crippen LogP contribution in [-0.2, 0) is 9.53 Å². The van der Waals surface area contributed by atoms with Gasteiger partial charge in [0.05, 0.1) is 13.0 Å². The lowest BCUT2D eigenvalue weighted by Crippen LogP contribution is -2.20. The van der Waals surface area contributed by atoms with Gasteiger partial charge in [-0.25, -0.2) is 4.79 Å². The van der Waals surface area contributed by atoms with E-state index in [1.807, 2.05) is 6.92 Å². The summed E-state index contributed by atoms with van der Waals surface area (Å²) in [5.41, 5.74) is 0. The summed E-state index contributed by atoms with van der Waals surface area (Å²) in [6, 6.07) is 2.43. The Morgan fingerprint density at radius 1 is 1.40 bits per heavy atom. The largest absolute Gasteiger partial charge is 0.492 e. The van der Waals surface area contributed by atoms with Gasteiger partial charge in [0.15, 0.2) is 0 Å². The molecule has 0 spiro atoms. The molecule has 1 aromatic heterocycles. The normalized spacial score (nSPS) is 10.2. The minimum Gasteiger partial charge on any atom is -0.492 e. The van der Waals surface area contributed by atoms with E-state index in [1.54, 1.807) is 0 Å². The summed E-state index contributed by atoms with van der Waals surface area (Å²) < 4.78 is 5.60. The molecule has 0 aromatic carbocycles. The van der Waals surface area contributed by atoms with Crippen LogP contribution in [0, 0.1) is 0 Å². The second-order valence-electron chi connectivity index (χ2n) is 2.75. The molecule has 6 heteroatoms. The standard InChI is InChI=1S/C9H13NO5/c1-2-14-6-5-9(13)15-10-7(11)3-4-8(10)12/h3-4,11-12H,2,5-6H2,1H3. The molecule has 0 saturated heterocycles. The first-order valence-electron chi connectivity index (χ1n) is 4.53. The fourth-order valence-electron chi connectivity index (χ4n) is 0.943. The van der Waals surface area contributed by atoms with Gasteiger partial charge < -0.3 is 19.8 Å². The summed E-state index contributed by atoms with van der Waals surface area (Å²) in [5.74, 6) is -1.26. The molecule has 0 aliphatic heterocycles. The molecule has 0 bridgehead atoms. The van der Waals surface area contributed by atoms with Gasteiger partial charge in [-0.05, 0) is 6.92 Å². The smallest absolute Gasteiger partial charge is 0.335 e. The Kier molecular flexibility index (Phi) is 3.99. The first-order chi connectivity index (χ1) is 7.15. The number of carbonyl (C=O) groups is 1. The summed E-state index contributed by atoms with van der Waals surface area (Å²) in [5, 5.41) is 18.3.